The molecule has 4 heteroatoms. The molecule has 4 nitrogen and oxygen atoms in total. The summed E-state index contributed by atoms with van der Waals surface area (Å²) < 4.78 is 11.9. The molecule has 1 N–H and O–H groups in total. The van der Waals surface area contributed by atoms with E-state index in [0.717, 1.165) is 28.3 Å². The van der Waals surface area contributed by atoms with Crippen LogP contribution in [0.2, 0.25) is 0 Å². The zero-order chi connectivity index (χ0) is 19.0. The van der Waals surface area contributed by atoms with Crippen LogP contribution in [0.4, 0.5) is 0 Å². The van der Waals surface area contributed by atoms with Gasteiger partial charge in [-0.15, -0.1) is 0 Å². The Labute approximate surface area is 160 Å². The van der Waals surface area contributed by atoms with E-state index in [1.807, 2.05) is 0 Å². The molecule has 1 aliphatic rings. The molecule has 0 unspecified atom stereocenters. The number of hydrogen-bond donors (Lipinski definition) is 1. The van der Waals surface area contributed by atoms with Crippen molar-refractivity contribution in [2.45, 2.75) is 34.0 Å². The van der Waals surface area contributed by atoms with Gasteiger partial charge in [0.25, 0.3) is 0 Å². The Morgan fingerprint density at radius 2 is 1.37 bits per heavy atom. The van der Waals surface area contributed by atoms with Gasteiger partial charge in [0.05, 0.1) is 24.6 Å². The molecule has 0 bridgehead atoms. The van der Waals surface area contributed by atoms with Gasteiger partial charge < -0.3 is 14.5 Å². The lowest BCUT2D eigenvalue weighted by Gasteiger charge is -2.33. The fourth-order valence-electron chi connectivity index (χ4n) is 3.20. The summed E-state index contributed by atoms with van der Waals surface area (Å²) in [6.45, 7) is 9.76. The van der Waals surface area contributed by atoms with Gasteiger partial charge in [0.2, 0.25) is 6.29 Å². The average Bonchev–Trinajstić information content (AvgIpc) is 3.08. The summed E-state index contributed by atoms with van der Waals surface area (Å²) in [5.41, 5.74) is 6.59. The van der Waals surface area contributed by atoms with E-state index in [1.165, 1.54) is 11.1 Å². The van der Waals surface area contributed by atoms with Crippen LogP contribution in [0.5, 0.6) is 0 Å². The largest absolute Gasteiger partial charge is 0.345 e. The van der Waals surface area contributed by atoms with E-state index >= 15 is 0 Å². The number of rotatable bonds is 3. The Morgan fingerprint density at radius 3 is 1.93 bits per heavy atom. The Kier molecular flexibility index (Phi) is 4.62. The number of imidazole rings is 1. The highest BCUT2D eigenvalue weighted by Gasteiger charge is 2.31. The van der Waals surface area contributed by atoms with Gasteiger partial charge >= 0.3 is 0 Å². The number of benzene rings is 2. The van der Waals surface area contributed by atoms with Crippen molar-refractivity contribution in [2.75, 3.05) is 13.2 Å². The van der Waals surface area contributed by atoms with Crippen molar-refractivity contribution in [1.82, 2.24) is 9.97 Å². The third-order valence-corrected chi connectivity index (χ3v) is 4.86. The molecule has 27 heavy (non-hydrogen) atoms. The maximum absolute atomic E-state index is 5.94. The highest BCUT2D eigenvalue weighted by atomic mass is 16.7. The van der Waals surface area contributed by atoms with E-state index in [1.54, 1.807) is 0 Å². The fraction of sp³-hybridized carbons (Fsp3) is 0.348. The number of aromatic nitrogens is 2. The zero-order valence-corrected chi connectivity index (χ0v) is 16.4. The van der Waals surface area contributed by atoms with E-state index in [2.05, 4.69) is 81.2 Å². The van der Waals surface area contributed by atoms with Crippen molar-refractivity contribution in [3.05, 3.63) is 65.5 Å². The van der Waals surface area contributed by atoms with E-state index < -0.39 is 6.29 Å². The van der Waals surface area contributed by atoms with Crippen LogP contribution in [0.1, 0.15) is 37.1 Å². The first kappa shape index (κ1) is 18.0. The molecule has 0 atom stereocenters. The SMILES string of the molecule is Cc1ccc(-c2nc(C3OCC(C)(C)CO3)[nH]c2-c2ccc(C)cc2)cc1. The highest BCUT2D eigenvalue weighted by molar-refractivity contribution is 5.78. The maximum atomic E-state index is 5.94. The number of nitrogens with one attached hydrogen (secondary N) is 1. The van der Waals surface area contributed by atoms with Gasteiger partial charge in [-0.05, 0) is 13.8 Å². The van der Waals surface area contributed by atoms with Gasteiger partial charge in [-0.2, -0.15) is 0 Å². The smallest absolute Gasteiger partial charge is 0.217 e. The van der Waals surface area contributed by atoms with Crippen LogP contribution >= 0.6 is 0 Å². The molecule has 1 aromatic heterocycles. The zero-order valence-electron chi connectivity index (χ0n) is 16.4. The van der Waals surface area contributed by atoms with E-state index in [4.69, 9.17) is 14.5 Å². The van der Waals surface area contributed by atoms with Gasteiger partial charge in [0.1, 0.15) is 0 Å². The molecule has 1 saturated heterocycles. The molecule has 0 amide bonds. The van der Waals surface area contributed by atoms with Crippen molar-refractivity contribution in [3.63, 3.8) is 0 Å². The summed E-state index contributed by atoms with van der Waals surface area (Å²) in [6, 6.07) is 16.9. The van der Waals surface area contributed by atoms with Crippen molar-refractivity contribution >= 4 is 0 Å². The van der Waals surface area contributed by atoms with E-state index in [9.17, 15) is 0 Å². The first-order chi connectivity index (χ1) is 12.9. The molecule has 0 aliphatic carbocycles. The lowest BCUT2D eigenvalue weighted by atomic mass is 9.96. The van der Waals surface area contributed by atoms with Crippen LogP contribution in [0.25, 0.3) is 22.5 Å². The molecule has 2 heterocycles. The number of aromatic amines is 1. The third-order valence-electron chi connectivity index (χ3n) is 4.86. The Bertz CT molecular complexity index is 851. The van der Waals surface area contributed by atoms with Gasteiger partial charge in [-0.25, -0.2) is 4.98 Å². The minimum atomic E-state index is -0.457. The molecular formula is C23H26N2O2. The molecule has 1 aliphatic heterocycles. The number of ether oxygens (including phenoxy) is 2. The fourth-order valence-corrected chi connectivity index (χ4v) is 3.20. The number of hydrogen-bond acceptors (Lipinski definition) is 3. The van der Waals surface area contributed by atoms with Crippen molar-refractivity contribution < 1.29 is 9.47 Å². The van der Waals surface area contributed by atoms with Gasteiger partial charge in [-0.1, -0.05) is 73.5 Å². The molecular weight excluding hydrogens is 336 g/mol. The van der Waals surface area contributed by atoms with Crippen LogP contribution in [0.15, 0.2) is 48.5 Å². The summed E-state index contributed by atoms with van der Waals surface area (Å²) in [6.07, 6.45) is -0.457. The number of nitrogens with zero attached hydrogens (tertiary/aromatic N) is 1. The molecule has 2 aromatic carbocycles. The van der Waals surface area contributed by atoms with Crippen LogP contribution in [-0.4, -0.2) is 23.2 Å². The van der Waals surface area contributed by atoms with Gasteiger partial charge in [0.15, 0.2) is 5.82 Å². The quantitative estimate of drug-likeness (QED) is 0.675. The second kappa shape index (κ2) is 6.95. The highest BCUT2D eigenvalue weighted by Crippen LogP contribution is 2.35. The second-order valence-corrected chi connectivity index (χ2v) is 8.20. The summed E-state index contributed by atoms with van der Waals surface area (Å²) in [5.74, 6) is 0.719. The molecule has 0 saturated carbocycles. The lowest BCUT2D eigenvalue weighted by Crippen LogP contribution is -2.34. The summed E-state index contributed by atoms with van der Waals surface area (Å²) in [7, 11) is 0. The number of aryl methyl sites for hydroxylation is 2. The van der Waals surface area contributed by atoms with Gasteiger partial charge in [-0.3, -0.25) is 0 Å². The molecule has 0 radical (unpaired) electrons. The Balaban J connectivity index is 1.75. The molecule has 3 aromatic rings. The monoisotopic (exact) mass is 362 g/mol. The van der Waals surface area contributed by atoms with Gasteiger partial charge in [0, 0.05) is 16.5 Å². The van der Waals surface area contributed by atoms with Crippen molar-refractivity contribution in [1.29, 1.82) is 0 Å². The predicted octanol–water partition coefficient (Wildman–Crippen LogP) is 5.43. The molecule has 1 fully saturated rings. The van der Waals surface area contributed by atoms with Crippen molar-refractivity contribution in [3.8, 4) is 22.5 Å². The van der Waals surface area contributed by atoms with E-state index in [-0.39, 0.29) is 5.41 Å². The van der Waals surface area contributed by atoms with E-state index in [0.29, 0.717) is 13.2 Å². The van der Waals surface area contributed by atoms with Crippen molar-refractivity contribution in [2.24, 2.45) is 5.41 Å². The average molecular weight is 362 g/mol. The molecule has 4 rings (SSSR count). The summed E-state index contributed by atoms with van der Waals surface area (Å²) in [5, 5.41) is 0. The predicted molar refractivity (Wildman–Crippen MR) is 107 cm³/mol. The minimum Gasteiger partial charge on any atom is -0.345 e. The van der Waals surface area contributed by atoms with Crippen LogP contribution in [-0.2, 0) is 9.47 Å². The molecule has 140 valence electrons. The topological polar surface area (TPSA) is 47.1 Å². The first-order valence-corrected chi connectivity index (χ1v) is 9.38. The Hall–Kier alpha value is -2.43. The number of H-pyrrole nitrogens is 1. The molecule has 0 spiro atoms. The van der Waals surface area contributed by atoms with Crippen LogP contribution in [0.3, 0.4) is 0 Å². The standard InChI is InChI=1S/C23H26N2O2/c1-15-5-9-17(10-6-15)19-20(18-11-7-16(2)8-12-18)25-21(24-19)22-26-13-23(3,4)14-27-22/h5-12,22H,13-14H2,1-4H3,(H,24,25). The summed E-state index contributed by atoms with van der Waals surface area (Å²) in [4.78, 5) is 8.34. The van der Waals surface area contributed by atoms with Crippen LogP contribution in [0, 0.1) is 19.3 Å². The maximum Gasteiger partial charge on any atom is 0.217 e. The van der Waals surface area contributed by atoms with Crippen LogP contribution < -0.4 is 0 Å². The lowest BCUT2D eigenvalue weighted by molar-refractivity contribution is -0.229. The normalized spacial score (nSPS) is 17.2. The Morgan fingerprint density at radius 1 is 0.852 bits per heavy atom. The minimum absolute atomic E-state index is 0.0304. The first-order valence-electron chi connectivity index (χ1n) is 9.38. The second-order valence-electron chi connectivity index (χ2n) is 8.20. The summed E-state index contributed by atoms with van der Waals surface area (Å²) >= 11 is 0. The third kappa shape index (κ3) is 3.82.